The maximum atomic E-state index is 12.9. The number of hydrogen-bond donors (Lipinski definition) is 1. The van der Waals surface area contributed by atoms with Gasteiger partial charge in [0.1, 0.15) is 11.5 Å². The zero-order valence-corrected chi connectivity index (χ0v) is 15.4. The van der Waals surface area contributed by atoms with Crippen molar-refractivity contribution in [3.05, 3.63) is 72.8 Å². The smallest absolute Gasteiger partial charge is 0.206 e. The quantitative estimate of drug-likeness (QED) is 0.710. The van der Waals surface area contributed by atoms with Crippen LogP contribution in [0.4, 0.5) is 0 Å². The fourth-order valence-electron chi connectivity index (χ4n) is 2.64. The second-order valence-corrected chi connectivity index (χ2v) is 8.14. The highest BCUT2D eigenvalue weighted by Crippen LogP contribution is 2.34. The molecule has 3 aromatic carbocycles. The summed E-state index contributed by atoms with van der Waals surface area (Å²) in [4.78, 5) is 0.310. The van der Waals surface area contributed by atoms with Crippen molar-refractivity contribution in [2.45, 2.75) is 29.7 Å². The molecule has 0 saturated heterocycles. The number of benzene rings is 3. The summed E-state index contributed by atoms with van der Waals surface area (Å²) in [5, 5.41) is 9.39. The fourth-order valence-corrected chi connectivity index (χ4v) is 3.92. The van der Waals surface area contributed by atoms with Crippen LogP contribution in [0.5, 0.6) is 11.5 Å². The summed E-state index contributed by atoms with van der Waals surface area (Å²) in [6.07, 6.45) is -0.0305. The molecule has 0 aliphatic carbocycles. The molecule has 134 valence electrons. The van der Waals surface area contributed by atoms with Gasteiger partial charge in [-0.3, -0.25) is 0 Å². The minimum Gasteiger partial charge on any atom is -0.508 e. The van der Waals surface area contributed by atoms with E-state index in [9.17, 15) is 13.5 Å². The van der Waals surface area contributed by atoms with Crippen LogP contribution in [-0.4, -0.2) is 19.6 Å². The van der Waals surface area contributed by atoms with E-state index in [0.717, 1.165) is 11.1 Å². The van der Waals surface area contributed by atoms with Crippen LogP contribution >= 0.6 is 0 Å². The minimum atomic E-state index is -3.70. The second-order valence-electron chi connectivity index (χ2n) is 6.19. The zero-order valence-electron chi connectivity index (χ0n) is 14.6. The van der Waals surface area contributed by atoms with Gasteiger partial charge in [-0.1, -0.05) is 30.3 Å². The van der Waals surface area contributed by atoms with Crippen molar-refractivity contribution in [1.29, 1.82) is 0 Å². The Bertz CT molecular complexity index is 992. The maximum Gasteiger partial charge on any atom is 0.206 e. The van der Waals surface area contributed by atoms with Gasteiger partial charge in [-0.15, -0.1) is 0 Å². The summed E-state index contributed by atoms with van der Waals surface area (Å²) in [5.74, 6) is 0.658. The standard InChI is InChI=1S/C21H20O4S/c1-15(2)25-21-13-12-19(14-20(21)16-6-4-3-5-7-16)26(23,24)18-10-8-17(22)9-11-18/h3-15,22H,1-2H3. The molecule has 1 N–H and O–H groups in total. The van der Waals surface area contributed by atoms with Gasteiger partial charge in [-0.05, 0) is 61.9 Å². The van der Waals surface area contributed by atoms with Crippen molar-refractivity contribution in [3.63, 3.8) is 0 Å². The number of phenols is 1. The fraction of sp³-hybridized carbons (Fsp3) is 0.143. The highest BCUT2D eigenvalue weighted by atomic mass is 32.2. The summed E-state index contributed by atoms with van der Waals surface area (Å²) < 4.78 is 31.7. The third-order valence-electron chi connectivity index (χ3n) is 3.86. The normalized spacial score (nSPS) is 11.5. The monoisotopic (exact) mass is 368 g/mol. The molecule has 0 aromatic heterocycles. The molecule has 3 rings (SSSR count). The highest BCUT2D eigenvalue weighted by Gasteiger charge is 2.20. The number of aromatic hydroxyl groups is 1. The number of phenolic OH excluding ortho intramolecular Hbond substituents is 1. The lowest BCUT2D eigenvalue weighted by Gasteiger charge is -2.16. The molecule has 0 unspecified atom stereocenters. The molecule has 5 heteroatoms. The number of ether oxygens (including phenoxy) is 1. The van der Waals surface area contributed by atoms with E-state index >= 15 is 0 Å². The Balaban J connectivity index is 2.13. The van der Waals surface area contributed by atoms with E-state index in [0.29, 0.717) is 5.75 Å². The van der Waals surface area contributed by atoms with E-state index in [1.165, 1.54) is 24.3 Å². The van der Waals surface area contributed by atoms with Crippen molar-refractivity contribution >= 4 is 9.84 Å². The Morgan fingerprint density at radius 3 is 2.08 bits per heavy atom. The molecule has 4 nitrogen and oxygen atoms in total. The van der Waals surface area contributed by atoms with E-state index in [2.05, 4.69) is 0 Å². The topological polar surface area (TPSA) is 63.6 Å². The average Bonchev–Trinajstić information content (AvgIpc) is 2.62. The summed E-state index contributed by atoms with van der Waals surface area (Å²) in [5.41, 5.74) is 1.60. The molecule has 3 aromatic rings. The van der Waals surface area contributed by atoms with Gasteiger partial charge in [0.15, 0.2) is 0 Å². The maximum absolute atomic E-state index is 12.9. The lowest BCUT2D eigenvalue weighted by molar-refractivity contribution is 0.243. The van der Waals surface area contributed by atoms with Gasteiger partial charge < -0.3 is 9.84 Å². The highest BCUT2D eigenvalue weighted by molar-refractivity contribution is 7.91. The van der Waals surface area contributed by atoms with E-state index in [-0.39, 0.29) is 21.6 Å². The van der Waals surface area contributed by atoms with Crippen LogP contribution in [0.25, 0.3) is 11.1 Å². The van der Waals surface area contributed by atoms with Gasteiger partial charge >= 0.3 is 0 Å². The Morgan fingerprint density at radius 1 is 0.846 bits per heavy atom. The minimum absolute atomic E-state index is 0.0228. The Kier molecular flexibility index (Phi) is 5.00. The molecule has 0 fully saturated rings. The predicted octanol–water partition coefficient (Wildman–Crippen LogP) is 4.68. The first-order chi connectivity index (χ1) is 12.4. The number of hydrogen-bond acceptors (Lipinski definition) is 4. The number of sulfone groups is 1. The molecule has 0 radical (unpaired) electrons. The summed E-state index contributed by atoms with van der Waals surface area (Å²) >= 11 is 0. The van der Waals surface area contributed by atoms with Gasteiger partial charge in [0, 0.05) is 5.56 Å². The van der Waals surface area contributed by atoms with Gasteiger partial charge in [-0.25, -0.2) is 8.42 Å². The Morgan fingerprint density at radius 2 is 1.46 bits per heavy atom. The van der Waals surface area contributed by atoms with E-state index in [1.807, 2.05) is 44.2 Å². The molecule has 0 saturated carbocycles. The van der Waals surface area contributed by atoms with Crippen LogP contribution in [0.15, 0.2) is 82.6 Å². The molecule has 0 bridgehead atoms. The summed E-state index contributed by atoms with van der Waals surface area (Å²) in [6, 6.07) is 19.9. The van der Waals surface area contributed by atoms with Crippen LogP contribution in [0.2, 0.25) is 0 Å². The third-order valence-corrected chi connectivity index (χ3v) is 5.62. The van der Waals surface area contributed by atoms with E-state index < -0.39 is 9.84 Å². The van der Waals surface area contributed by atoms with Crippen molar-refractivity contribution in [2.75, 3.05) is 0 Å². The first-order valence-electron chi connectivity index (χ1n) is 8.28. The predicted molar refractivity (Wildman–Crippen MR) is 101 cm³/mol. The van der Waals surface area contributed by atoms with Crippen LogP contribution in [-0.2, 0) is 9.84 Å². The molecule has 26 heavy (non-hydrogen) atoms. The number of rotatable bonds is 5. The Labute approximate surface area is 153 Å². The molecule has 0 aliphatic heterocycles. The van der Waals surface area contributed by atoms with Gasteiger partial charge in [0.05, 0.1) is 15.9 Å². The Hall–Kier alpha value is -2.79. The molecule has 0 amide bonds. The average molecular weight is 368 g/mol. The van der Waals surface area contributed by atoms with E-state index in [4.69, 9.17) is 4.74 Å². The van der Waals surface area contributed by atoms with Crippen LogP contribution in [0.1, 0.15) is 13.8 Å². The van der Waals surface area contributed by atoms with Crippen LogP contribution in [0.3, 0.4) is 0 Å². The van der Waals surface area contributed by atoms with Crippen LogP contribution < -0.4 is 4.74 Å². The lowest BCUT2D eigenvalue weighted by Crippen LogP contribution is -2.08. The third kappa shape index (κ3) is 3.73. The zero-order chi connectivity index (χ0) is 18.7. The van der Waals surface area contributed by atoms with Gasteiger partial charge in [0.2, 0.25) is 9.84 Å². The van der Waals surface area contributed by atoms with Gasteiger partial charge in [-0.2, -0.15) is 0 Å². The second kappa shape index (κ2) is 7.22. The van der Waals surface area contributed by atoms with Crippen molar-refractivity contribution in [3.8, 4) is 22.6 Å². The molecule has 0 atom stereocenters. The molecule has 0 aliphatic rings. The summed E-state index contributed by atoms with van der Waals surface area (Å²) in [7, 11) is -3.70. The van der Waals surface area contributed by atoms with E-state index in [1.54, 1.807) is 18.2 Å². The molecule has 0 spiro atoms. The lowest BCUT2D eigenvalue weighted by atomic mass is 10.0. The SMILES string of the molecule is CC(C)Oc1ccc(S(=O)(=O)c2ccc(O)cc2)cc1-c1ccccc1. The van der Waals surface area contributed by atoms with Crippen molar-refractivity contribution in [1.82, 2.24) is 0 Å². The largest absolute Gasteiger partial charge is 0.508 e. The molecule has 0 heterocycles. The van der Waals surface area contributed by atoms with Crippen molar-refractivity contribution in [2.24, 2.45) is 0 Å². The first-order valence-corrected chi connectivity index (χ1v) is 9.76. The summed E-state index contributed by atoms with van der Waals surface area (Å²) in [6.45, 7) is 3.85. The molecular formula is C21H20O4S. The van der Waals surface area contributed by atoms with Crippen LogP contribution in [0, 0.1) is 0 Å². The first kappa shape index (κ1) is 18.0. The van der Waals surface area contributed by atoms with Crippen molar-refractivity contribution < 1.29 is 18.3 Å². The van der Waals surface area contributed by atoms with Gasteiger partial charge in [0.25, 0.3) is 0 Å². The molecular weight excluding hydrogens is 348 g/mol.